The Balaban J connectivity index is 2.08. The highest BCUT2D eigenvalue weighted by atomic mass is 15.3. The second-order valence-electron chi connectivity index (χ2n) is 6.32. The molecule has 0 spiro atoms. The average molecular weight is 272 g/mol. The molecule has 0 fully saturated rings. The van der Waals surface area contributed by atoms with E-state index < -0.39 is 0 Å². The molecule has 20 heavy (non-hydrogen) atoms. The van der Waals surface area contributed by atoms with E-state index in [2.05, 4.69) is 55.4 Å². The lowest BCUT2D eigenvalue weighted by Crippen LogP contribution is -2.21. The number of rotatable bonds is 4. The van der Waals surface area contributed by atoms with Crippen LogP contribution in [0.25, 0.3) is 0 Å². The van der Waals surface area contributed by atoms with E-state index >= 15 is 0 Å². The monoisotopic (exact) mass is 272 g/mol. The number of hydrogen-bond donors (Lipinski definition) is 1. The van der Waals surface area contributed by atoms with Crippen LogP contribution < -0.4 is 5.32 Å². The molecule has 108 valence electrons. The third kappa shape index (κ3) is 3.45. The first kappa shape index (κ1) is 14.7. The van der Waals surface area contributed by atoms with E-state index in [4.69, 9.17) is 0 Å². The normalized spacial score (nSPS) is 13.4. The van der Waals surface area contributed by atoms with Gasteiger partial charge in [-0.3, -0.25) is 9.67 Å². The third-order valence-electron chi connectivity index (χ3n) is 3.40. The molecule has 2 aromatic heterocycles. The smallest absolute Gasteiger partial charge is 0.0722 e. The van der Waals surface area contributed by atoms with E-state index in [0.29, 0.717) is 0 Å². The Hall–Kier alpha value is -1.68. The molecule has 0 aromatic carbocycles. The van der Waals surface area contributed by atoms with E-state index in [1.807, 2.05) is 24.0 Å². The number of aromatic nitrogens is 3. The molecule has 0 amide bonds. The molecule has 2 aromatic rings. The summed E-state index contributed by atoms with van der Waals surface area (Å²) in [4.78, 5) is 4.17. The molecule has 4 heteroatoms. The molecule has 0 radical (unpaired) electrons. The number of pyridine rings is 1. The van der Waals surface area contributed by atoms with Crippen LogP contribution in [-0.2, 0) is 19.0 Å². The average Bonchev–Trinajstić information content (AvgIpc) is 2.78. The van der Waals surface area contributed by atoms with Gasteiger partial charge >= 0.3 is 0 Å². The fraction of sp³-hybridized carbons (Fsp3) is 0.500. The zero-order valence-corrected chi connectivity index (χ0v) is 13.0. The lowest BCUT2D eigenvalue weighted by molar-refractivity contribution is 0.531. The van der Waals surface area contributed by atoms with Crippen LogP contribution in [-0.4, -0.2) is 14.8 Å². The molecule has 0 saturated carbocycles. The topological polar surface area (TPSA) is 42.7 Å². The molecule has 2 heterocycles. The van der Waals surface area contributed by atoms with Crippen LogP contribution in [0.15, 0.2) is 30.7 Å². The summed E-state index contributed by atoms with van der Waals surface area (Å²) in [5.41, 5.74) is 3.69. The van der Waals surface area contributed by atoms with Gasteiger partial charge in [0.1, 0.15) is 0 Å². The van der Waals surface area contributed by atoms with Crippen molar-refractivity contribution >= 4 is 0 Å². The molecule has 1 N–H and O–H groups in total. The summed E-state index contributed by atoms with van der Waals surface area (Å²) in [7, 11) is 1.98. The maximum atomic E-state index is 4.60. The fourth-order valence-corrected chi connectivity index (χ4v) is 2.31. The van der Waals surface area contributed by atoms with Crippen molar-refractivity contribution in [2.45, 2.75) is 45.7 Å². The van der Waals surface area contributed by atoms with Gasteiger partial charge in [-0.1, -0.05) is 26.8 Å². The highest BCUT2D eigenvalue weighted by molar-refractivity contribution is 5.24. The first-order chi connectivity index (χ1) is 9.38. The molecule has 4 nitrogen and oxygen atoms in total. The zero-order chi connectivity index (χ0) is 14.8. The maximum Gasteiger partial charge on any atom is 0.0722 e. The highest BCUT2D eigenvalue weighted by Crippen LogP contribution is 2.24. The predicted molar refractivity (Wildman–Crippen MR) is 81.4 cm³/mol. The Morgan fingerprint density at radius 1 is 1.35 bits per heavy atom. The lowest BCUT2D eigenvalue weighted by atomic mass is 9.89. The summed E-state index contributed by atoms with van der Waals surface area (Å²) >= 11 is 0. The predicted octanol–water partition coefficient (Wildman–Crippen LogP) is 2.96. The summed E-state index contributed by atoms with van der Waals surface area (Å²) in [6.07, 6.45) is 5.81. The van der Waals surface area contributed by atoms with Crippen molar-refractivity contribution in [2.24, 2.45) is 7.05 Å². The number of nitrogens with zero attached hydrogens (tertiary/aromatic N) is 3. The summed E-state index contributed by atoms with van der Waals surface area (Å²) in [5.74, 6) is 0. The zero-order valence-electron chi connectivity index (χ0n) is 13.0. The first-order valence-corrected chi connectivity index (χ1v) is 7.04. The number of hydrogen-bond acceptors (Lipinski definition) is 3. The Morgan fingerprint density at radius 2 is 2.10 bits per heavy atom. The van der Waals surface area contributed by atoms with E-state index in [1.54, 1.807) is 6.20 Å². The molecule has 0 aliphatic carbocycles. The van der Waals surface area contributed by atoms with Gasteiger partial charge in [-0.2, -0.15) is 5.10 Å². The maximum absolute atomic E-state index is 4.60. The second kappa shape index (κ2) is 5.75. The Labute approximate surface area is 121 Å². The largest absolute Gasteiger partial charge is 0.306 e. The van der Waals surface area contributed by atoms with Crippen LogP contribution in [0, 0.1) is 0 Å². The van der Waals surface area contributed by atoms with Gasteiger partial charge in [0.2, 0.25) is 0 Å². The minimum absolute atomic E-state index is 0.0653. The Kier molecular flexibility index (Phi) is 4.23. The molecule has 0 aliphatic heterocycles. The summed E-state index contributed by atoms with van der Waals surface area (Å²) in [6, 6.07) is 4.34. The van der Waals surface area contributed by atoms with E-state index in [9.17, 15) is 0 Å². The molecule has 0 bridgehead atoms. The lowest BCUT2D eigenvalue weighted by Gasteiger charge is -2.19. The van der Waals surface area contributed by atoms with Crippen molar-refractivity contribution in [3.63, 3.8) is 0 Å². The van der Waals surface area contributed by atoms with Crippen molar-refractivity contribution in [3.05, 3.63) is 47.5 Å². The van der Waals surface area contributed by atoms with Crippen LogP contribution in [0.2, 0.25) is 0 Å². The van der Waals surface area contributed by atoms with Gasteiger partial charge in [-0.25, -0.2) is 0 Å². The molecule has 0 saturated heterocycles. The van der Waals surface area contributed by atoms with E-state index in [-0.39, 0.29) is 11.5 Å². The van der Waals surface area contributed by atoms with Crippen LogP contribution in [0.3, 0.4) is 0 Å². The van der Waals surface area contributed by atoms with E-state index in [0.717, 1.165) is 12.2 Å². The fourth-order valence-electron chi connectivity index (χ4n) is 2.31. The van der Waals surface area contributed by atoms with Gasteiger partial charge in [0.05, 0.1) is 5.69 Å². The minimum Gasteiger partial charge on any atom is -0.306 e. The van der Waals surface area contributed by atoms with Crippen LogP contribution in [0.5, 0.6) is 0 Å². The van der Waals surface area contributed by atoms with Crippen LogP contribution in [0.4, 0.5) is 0 Å². The Bertz CT molecular complexity index is 552. The third-order valence-corrected chi connectivity index (χ3v) is 3.40. The highest BCUT2D eigenvalue weighted by Gasteiger charge is 2.21. The molecule has 1 atom stereocenters. The quantitative estimate of drug-likeness (QED) is 0.930. The van der Waals surface area contributed by atoms with Gasteiger partial charge in [0.15, 0.2) is 0 Å². The summed E-state index contributed by atoms with van der Waals surface area (Å²) < 4.78 is 1.90. The summed E-state index contributed by atoms with van der Waals surface area (Å²) in [5, 5.41) is 8.14. The van der Waals surface area contributed by atoms with Crippen molar-refractivity contribution < 1.29 is 0 Å². The Morgan fingerprint density at radius 3 is 2.70 bits per heavy atom. The summed E-state index contributed by atoms with van der Waals surface area (Å²) in [6.45, 7) is 9.57. The van der Waals surface area contributed by atoms with Crippen LogP contribution >= 0.6 is 0 Å². The number of aryl methyl sites for hydroxylation is 1. The molecule has 2 rings (SSSR count). The first-order valence-electron chi connectivity index (χ1n) is 7.04. The van der Waals surface area contributed by atoms with Gasteiger partial charge in [-0.15, -0.1) is 0 Å². The molecular formula is C16H24N4. The van der Waals surface area contributed by atoms with Gasteiger partial charge in [0.25, 0.3) is 0 Å². The molecule has 0 aliphatic rings. The van der Waals surface area contributed by atoms with Crippen molar-refractivity contribution in [2.75, 3.05) is 0 Å². The second-order valence-corrected chi connectivity index (χ2v) is 6.32. The SMILES string of the molecule is CC(NCc1cn(C)nc1C(C)(C)C)c1cccnc1. The molecule has 1 unspecified atom stereocenters. The van der Waals surface area contributed by atoms with Crippen LogP contribution in [0.1, 0.15) is 50.6 Å². The van der Waals surface area contributed by atoms with E-state index in [1.165, 1.54) is 11.1 Å². The van der Waals surface area contributed by atoms with Gasteiger partial charge in [-0.05, 0) is 18.6 Å². The van der Waals surface area contributed by atoms with Gasteiger partial charge < -0.3 is 5.32 Å². The van der Waals surface area contributed by atoms with Crippen molar-refractivity contribution in [1.29, 1.82) is 0 Å². The standard InChI is InChI=1S/C16H24N4/c1-12(13-7-6-8-17-9-13)18-10-14-11-20(5)19-15(14)16(2,3)4/h6-9,11-12,18H,10H2,1-5H3. The molecular weight excluding hydrogens is 248 g/mol. The van der Waals surface area contributed by atoms with Crippen molar-refractivity contribution in [1.82, 2.24) is 20.1 Å². The number of nitrogens with one attached hydrogen (secondary N) is 1. The van der Waals surface area contributed by atoms with Crippen molar-refractivity contribution in [3.8, 4) is 0 Å². The van der Waals surface area contributed by atoms with Gasteiger partial charge in [0, 0.05) is 49.2 Å². The minimum atomic E-state index is 0.0653.